The summed E-state index contributed by atoms with van der Waals surface area (Å²) in [6, 6.07) is 9.39. The zero-order chi connectivity index (χ0) is 20.5. The molecule has 1 N–H and O–H groups in total. The summed E-state index contributed by atoms with van der Waals surface area (Å²) in [5, 5.41) is 7.47. The van der Waals surface area contributed by atoms with E-state index in [0.717, 1.165) is 16.9 Å². The molecule has 0 unspecified atom stereocenters. The van der Waals surface area contributed by atoms with E-state index in [1.54, 1.807) is 4.90 Å². The summed E-state index contributed by atoms with van der Waals surface area (Å²) in [7, 11) is 0. The van der Waals surface area contributed by atoms with Crippen molar-refractivity contribution in [2.45, 2.75) is 52.6 Å². The molecule has 7 heteroatoms. The zero-order valence-electron chi connectivity index (χ0n) is 17.2. The summed E-state index contributed by atoms with van der Waals surface area (Å²) >= 11 is 0. The maximum atomic E-state index is 12.7. The van der Waals surface area contributed by atoms with Crippen molar-refractivity contribution in [2.75, 3.05) is 18.1 Å². The molecule has 150 valence electrons. The number of amides is 2. The molecular weight excluding hydrogens is 356 g/mol. The van der Waals surface area contributed by atoms with Gasteiger partial charge in [-0.3, -0.25) is 14.4 Å². The first kappa shape index (κ1) is 19.9. The van der Waals surface area contributed by atoms with E-state index in [0.29, 0.717) is 25.4 Å². The largest absolute Gasteiger partial charge is 0.447 e. The molecule has 2 amide bonds. The number of hydrogen-bond donors (Lipinski definition) is 1. The summed E-state index contributed by atoms with van der Waals surface area (Å²) in [6.45, 7) is 11.7. The Morgan fingerprint density at radius 3 is 2.61 bits per heavy atom. The van der Waals surface area contributed by atoms with Crippen molar-refractivity contribution >= 4 is 17.7 Å². The van der Waals surface area contributed by atoms with Crippen LogP contribution in [0.2, 0.25) is 0 Å². The van der Waals surface area contributed by atoms with Crippen molar-refractivity contribution in [3.05, 3.63) is 47.3 Å². The number of rotatable bonds is 5. The molecule has 1 aromatic carbocycles. The van der Waals surface area contributed by atoms with Crippen LogP contribution in [0, 0.1) is 0 Å². The average Bonchev–Trinajstić information content (AvgIpc) is 3.26. The second-order valence-corrected chi connectivity index (χ2v) is 8.31. The van der Waals surface area contributed by atoms with E-state index >= 15 is 0 Å². The molecule has 7 nitrogen and oxygen atoms in total. The lowest BCUT2D eigenvalue weighted by atomic mass is 10.1. The predicted octanol–water partition coefficient (Wildman–Crippen LogP) is 3.65. The average molecular weight is 384 g/mol. The maximum absolute atomic E-state index is 12.7. The summed E-state index contributed by atoms with van der Waals surface area (Å²) in [4.78, 5) is 26.0. The molecule has 0 aliphatic carbocycles. The van der Waals surface area contributed by atoms with Crippen LogP contribution in [0.15, 0.2) is 30.3 Å². The minimum absolute atomic E-state index is 0.198. The number of hydrogen-bond acceptors (Lipinski definition) is 4. The molecule has 28 heavy (non-hydrogen) atoms. The topological polar surface area (TPSA) is 76.5 Å². The van der Waals surface area contributed by atoms with Crippen molar-refractivity contribution in [3.63, 3.8) is 0 Å². The smallest absolute Gasteiger partial charge is 0.414 e. The van der Waals surface area contributed by atoms with Crippen molar-refractivity contribution in [3.8, 4) is 0 Å². The van der Waals surface area contributed by atoms with Crippen molar-refractivity contribution in [2.24, 2.45) is 0 Å². The van der Waals surface area contributed by atoms with Gasteiger partial charge in [0.15, 0.2) is 0 Å². The van der Waals surface area contributed by atoms with Crippen LogP contribution in [-0.4, -0.2) is 34.9 Å². The molecular formula is C21H28N4O3. The van der Waals surface area contributed by atoms with Crippen LogP contribution in [0.1, 0.15) is 62.3 Å². The van der Waals surface area contributed by atoms with Gasteiger partial charge < -0.3 is 10.1 Å². The van der Waals surface area contributed by atoms with Crippen molar-refractivity contribution in [1.82, 2.24) is 15.1 Å². The van der Waals surface area contributed by atoms with Gasteiger partial charge in [0.1, 0.15) is 12.3 Å². The molecule has 0 atom stereocenters. The predicted molar refractivity (Wildman–Crippen MR) is 108 cm³/mol. The lowest BCUT2D eigenvalue weighted by Gasteiger charge is -2.23. The molecule has 2 aromatic rings. The molecule has 0 spiro atoms. The van der Waals surface area contributed by atoms with Crippen LogP contribution in [0.4, 0.5) is 10.5 Å². The highest BCUT2D eigenvalue weighted by Crippen LogP contribution is 2.24. The van der Waals surface area contributed by atoms with E-state index in [1.165, 1.54) is 0 Å². The molecule has 1 aromatic heterocycles. The third-order valence-electron chi connectivity index (χ3n) is 4.63. The van der Waals surface area contributed by atoms with Crippen molar-refractivity contribution in [1.29, 1.82) is 0 Å². The zero-order valence-corrected chi connectivity index (χ0v) is 17.2. The minimum Gasteiger partial charge on any atom is -0.447 e. The fourth-order valence-electron chi connectivity index (χ4n) is 3.19. The number of ether oxygens (including phenoxy) is 1. The Hall–Kier alpha value is -2.83. The van der Waals surface area contributed by atoms with E-state index in [2.05, 4.69) is 45.0 Å². The molecule has 0 bridgehead atoms. The first-order chi connectivity index (χ1) is 13.2. The lowest BCUT2D eigenvalue weighted by molar-refractivity contribution is 0.0944. The molecule has 1 fully saturated rings. The Balaban J connectivity index is 1.72. The van der Waals surface area contributed by atoms with Crippen LogP contribution < -0.4 is 10.2 Å². The van der Waals surface area contributed by atoms with Gasteiger partial charge in [0, 0.05) is 17.9 Å². The van der Waals surface area contributed by atoms with Gasteiger partial charge in [0.05, 0.1) is 12.1 Å². The molecule has 1 aliphatic heterocycles. The van der Waals surface area contributed by atoms with Gasteiger partial charge >= 0.3 is 6.09 Å². The van der Waals surface area contributed by atoms with Gasteiger partial charge in [0.2, 0.25) is 0 Å². The Morgan fingerprint density at radius 1 is 1.29 bits per heavy atom. The van der Waals surface area contributed by atoms with Crippen LogP contribution in [0.25, 0.3) is 0 Å². The highest BCUT2D eigenvalue weighted by Gasteiger charge is 2.25. The van der Waals surface area contributed by atoms with E-state index in [-0.39, 0.29) is 23.5 Å². The summed E-state index contributed by atoms with van der Waals surface area (Å²) in [5.74, 6) is 0.0565. The fraction of sp³-hybridized carbons (Fsp3) is 0.476. The van der Waals surface area contributed by atoms with Gasteiger partial charge in [-0.15, -0.1) is 0 Å². The third-order valence-corrected chi connectivity index (χ3v) is 4.63. The van der Waals surface area contributed by atoms with Gasteiger partial charge in [-0.2, -0.15) is 5.10 Å². The SMILES string of the molecule is CC(C)c1cc(C(=O)NCc2cccc(N3CCOC3=O)c2)nn1C(C)(C)C. The molecule has 1 aliphatic rings. The van der Waals surface area contributed by atoms with E-state index in [4.69, 9.17) is 4.74 Å². The maximum Gasteiger partial charge on any atom is 0.414 e. The molecule has 0 radical (unpaired) electrons. The number of nitrogens with zero attached hydrogens (tertiary/aromatic N) is 3. The minimum atomic E-state index is -0.338. The van der Waals surface area contributed by atoms with Crippen LogP contribution >= 0.6 is 0 Å². The number of anilines is 1. The van der Waals surface area contributed by atoms with E-state index in [1.807, 2.05) is 35.0 Å². The summed E-state index contributed by atoms with van der Waals surface area (Å²) in [6.07, 6.45) is -0.338. The first-order valence-electron chi connectivity index (χ1n) is 9.58. The normalized spacial score (nSPS) is 14.5. The van der Waals surface area contributed by atoms with E-state index in [9.17, 15) is 9.59 Å². The number of benzene rings is 1. The number of aromatic nitrogens is 2. The molecule has 3 rings (SSSR count). The van der Waals surface area contributed by atoms with E-state index < -0.39 is 0 Å². The first-order valence-corrected chi connectivity index (χ1v) is 9.58. The molecule has 1 saturated heterocycles. The highest BCUT2D eigenvalue weighted by atomic mass is 16.6. The molecule has 0 saturated carbocycles. The van der Waals surface area contributed by atoms with Gasteiger partial charge in [-0.1, -0.05) is 26.0 Å². The third kappa shape index (κ3) is 4.18. The molecule has 2 heterocycles. The standard InChI is InChI=1S/C21H28N4O3/c1-14(2)18-12-17(23-25(18)21(3,4)5)19(26)22-13-15-7-6-8-16(11-15)24-9-10-28-20(24)27/h6-8,11-12,14H,9-10,13H2,1-5H3,(H,22,26). The number of carbonyl (C=O) groups is 2. The van der Waals surface area contributed by atoms with Gasteiger partial charge in [-0.05, 0) is 50.5 Å². The summed E-state index contributed by atoms with van der Waals surface area (Å²) < 4.78 is 6.91. The Bertz CT molecular complexity index is 880. The quantitative estimate of drug-likeness (QED) is 0.854. The Labute approximate surface area is 165 Å². The lowest BCUT2D eigenvalue weighted by Crippen LogP contribution is -2.27. The number of cyclic esters (lactones) is 1. The monoisotopic (exact) mass is 384 g/mol. The highest BCUT2D eigenvalue weighted by molar-refractivity contribution is 5.92. The van der Waals surface area contributed by atoms with Crippen LogP contribution in [0.5, 0.6) is 0 Å². The second-order valence-electron chi connectivity index (χ2n) is 8.31. The van der Waals surface area contributed by atoms with Crippen LogP contribution in [0.3, 0.4) is 0 Å². The Kier molecular flexibility index (Phi) is 5.45. The second kappa shape index (κ2) is 7.66. The number of nitrogens with one attached hydrogen (secondary N) is 1. The van der Waals surface area contributed by atoms with Gasteiger partial charge in [-0.25, -0.2) is 4.79 Å². The van der Waals surface area contributed by atoms with Crippen molar-refractivity contribution < 1.29 is 14.3 Å². The Morgan fingerprint density at radius 2 is 2.04 bits per heavy atom. The fourth-order valence-corrected chi connectivity index (χ4v) is 3.19. The van der Waals surface area contributed by atoms with Crippen LogP contribution in [-0.2, 0) is 16.8 Å². The number of carbonyl (C=O) groups excluding carboxylic acids is 2. The van der Waals surface area contributed by atoms with Gasteiger partial charge in [0.25, 0.3) is 5.91 Å². The summed E-state index contributed by atoms with van der Waals surface area (Å²) in [5.41, 5.74) is 2.93.